The summed E-state index contributed by atoms with van der Waals surface area (Å²) in [4.78, 5) is 17.8. The van der Waals surface area contributed by atoms with Gasteiger partial charge in [-0.1, -0.05) is 11.2 Å². The van der Waals surface area contributed by atoms with Gasteiger partial charge in [0.2, 0.25) is 5.89 Å². The summed E-state index contributed by atoms with van der Waals surface area (Å²) >= 11 is 0. The van der Waals surface area contributed by atoms with Crippen LogP contribution >= 0.6 is 0 Å². The first-order chi connectivity index (χ1) is 12.5. The summed E-state index contributed by atoms with van der Waals surface area (Å²) in [7, 11) is 1.51. The van der Waals surface area contributed by atoms with Crippen LogP contribution in [0.3, 0.4) is 0 Å². The van der Waals surface area contributed by atoms with Crippen molar-refractivity contribution in [3.8, 4) is 0 Å². The molecule has 2 aromatic rings. The molecular weight excluding hydrogens is 342 g/mol. The molecule has 3 rings (SSSR count). The van der Waals surface area contributed by atoms with Crippen LogP contribution in [-0.4, -0.2) is 41.1 Å². The summed E-state index contributed by atoms with van der Waals surface area (Å²) in [5.74, 6) is -0.542. The Bertz CT molecular complexity index is 765. The Morgan fingerprint density at radius 2 is 2.27 bits per heavy atom. The topological polar surface area (TPSA) is 71.3 Å². The average Bonchev–Trinajstić information content (AvgIpc) is 3.09. The molecule has 1 fully saturated rings. The van der Waals surface area contributed by atoms with E-state index in [-0.39, 0.29) is 11.7 Å². The highest BCUT2D eigenvalue weighted by atomic mass is 19.1. The van der Waals surface area contributed by atoms with Crippen LogP contribution in [0.4, 0.5) is 8.78 Å². The quantitative estimate of drug-likeness (QED) is 0.853. The molecule has 8 heteroatoms. The van der Waals surface area contributed by atoms with E-state index in [0.29, 0.717) is 30.3 Å². The number of nitrogens with one attached hydrogen (secondary N) is 1. The van der Waals surface area contributed by atoms with Gasteiger partial charge in [-0.3, -0.25) is 9.69 Å². The van der Waals surface area contributed by atoms with Gasteiger partial charge in [-0.05, 0) is 49.8 Å². The Hall–Kier alpha value is -2.35. The second-order valence-corrected chi connectivity index (χ2v) is 6.61. The summed E-state index contributed by atoms with van der Waals surface area (Å²) in [6.07, 6.45) is 3.54. The highest BCUT2D eigenvalue weighted by Gasteiger charge is 2.22. The molecule has 0 aliphatic carbocycles. The van der Waals surface area contributed by atoms with E-state index in [1.54, 1.807) is 0 Å². The summed E-state index contributed by atoms with van der Waals surface area (Å²) in [6, 6.07) is 3.75. The van der Waals surface area contributed by atoms with Gasteiger partial charge in [-0.25, -0.2) is 8.78 Å². The van der Waals surface area contributed by atoms with Crippen LogP contribution in [0.2, 0.25) is 0 Å². The van der Waals surface area contributed by atoms with E-state index >= 15 is 0 Å². The first kappa shape index (κ1) is 18.4. The Morgan fingerprint density at radius 1 is 1.42 bits per heavy atom. The number of piperidine rings is 1. The number of halogens is 2. The second-order valence-electron chi connectivity index (χ2n) is 6.61. The molecule has 0 radical (unpaired) electrons. The lowest BCUT2D eigenvalue weighted by Gasteiger charge is -2.31. The molecule has 1 saturated heterocycles. The Labute approximate surface area is 150 Å². The molecular formula is C18H22F2N4O2. The lowest BCUT2D eigenvalue weighted by atomic mass is 9.91. The summed E-state index contributed by atoms with van der Waals surface area (Å²) in [5, 5.41) is 6.12. The normalized spacial score (nSPS) is 18.0. The van der Waals surface area contributed by atoms with Gasteiger partial charge in [0.25, 0.3) is 11.7 Å². The average molecular weight is 364 g/mol. The van der Waals surface area contributed by atoms with E-state index in [2.05, 4.69) is 20.4 Å². The molecule has 0 bridgehead atoms. The zero-order chi connectivity index (χ0) is 18.5. The lowest BCUT2D eigenvalue weighted by Crippen LogP contribution is -2.35. The maximum atomic E-state index is 13.8. The third-order valence-corrected chi connectivity index (χ3v) is 4.70. The maximum Gasteiger partial charge on any atom is 0.292 e. The van der Waals surface area contributed by atoms with Crippen LogP contribution < -0.4 is 5.32 Å². The maximum absolute atomic E-state index is 13.8. The fourth-order valence-corrected chi connectivity index (χ4v) is 3.33. The minimum Gasteiger partial charge on any atom is -0.352 e. The van der Waals surface area contributed by atoms with E-state index in [1.165, 1.54) is 19.2 Å². The molecule has 1 amide bonds. The van der Waals surface area contributed by atoms with E-state index in [1.807, 2.05) is 0 Å². The van der Waals surface area contributed by atoms with Gasteiger partial charge in [-0.2, -0.15) is 4.98 Å². The van der Waals surface area contributed by atoms with Crippen molar-refractivity contribution in [3.63, 3.8) is 0 Å². The monoisotopic (exact) mass is 364 g/mol. The molecule has 0 unspecified atom stereocenters. The lowest BCUT2D eigenvalue weighted by molar-refractivity contribution is 0.0950. The minimum atomic E-state index is -0.550. The van der Waals surface area contributed by atoms with Crippen LogP contribution in [0.25, 0.3) is 0 Å². The summed E-state index contributed by atoms with van der Waals surface area (Å²) in [6.45, 7) is 2.25. The number of amides is 1. The van der Waals surface area contributed by atoms with E-state index in [0.717, 1.165) is 38.4 Å². The minimum absolute atomic E-state index is 0.0304. The SMILES string of the molecule is CNC(=O)c1noc(CN2CCC[C@H](CCc3ccc(F)cc3F)C2)n1. The van der Waals surface area contributed by atoms with E-state index in [9.17, 15) is 13.6 Å². The van der Waals surface area contributed by atoms with Crippen LogP contribution in [0.15, 0.2) is 22.7 Å². The molecule has 1 aromatic heterocycles. The molecule has 0 saturated carbocycles. The third-order valence-electron chi connectivity index (χ3n) is 4.70. The van der Waals surface area contributed by atoms with Crippen molar-refractivity contribution in [2.24, 2.45) is 5.92 Å². The van der Waals surface area contributed by atoms with Crippen LogP contribution in [0.1, 0.15) is 41.3 Å². The van der Waals surface area contributed by atoms with Gasteiger partial charge in [0, 0.05) is 19.7 Å². The second kappa shape index (κ2) is 8.35. The van der Waals surface area contributed by atoms with E-state index in [4.69, 9.17) is 4.52 Å². The van der Waals surface area contributed by atoms with Gasteiger partial charge in [0.15, 0.2) is 0 Å². The number of hydrogen-bond acceptors (Lipinski definition) is 5. The standard InChI is InChI=1S/C18H22F2N4O2/c1-21-18(25)17-22-16(26-23-17)11-24-8-2-3-12(10-24)4-5-13-6-7-14(19)9-15(13)20/h6-7,9,12H,2-5,8,10-11H2,1H3,(H,21,25)/t12-/m1/s1. The van der Waals surface area contributed by atoms with Crippen molar-refractivity contribution < 1.29 is 18.1 Å². The molecule has 140 valence electrons. The third kappa shape index (κ3) is 4.63. The number of rotatable bonds is 6. The van der Waals surface area contributed by atoms with Crippen molar-refractivity contribution in [2.75, 3.05) is 20.1 Å². The number of likely N-dealkylation sites (tertiary alicyclic amines) is 1. The van der Waals surface area contributed by atoms with E-state index < -0.39 is 11.6 Å². The van der Waals surface area contributed by atoms with Crippen LogP contribution in [-0.2, 0) is 13.0 Å². The molecule has 26 heavy (non-hydrogen) atoms. The predicted octanol–water partition coefficient (Wildman–Crippen LogP) is 2.55. The molecule has 0 spiro atoms. The van der Waals surface area contributed by atoms with Gasteiger partial charge >= 0.3 is 0 Å². The summed E-state index contributed by atoms with van der Waals surface area (Å²) < 4.78 is 31.9. The molecule has 1 N–H and O–H groups in total. The van der Waals surface area contributed by atoms with Gasteiger partial charge in [0.05, 0.1) is 6.54 Å². The number of carbonyl (C=O) groups is 1. The smallest absolute Gasteiger partial charge is 0.292 e. The molecule has 1 atom stereocenters. The molecule has 2 heterocycles. The fourth-order valence-electron chi connectivity index (χ4n) is 3.33. The largest absolute Gasteiger partial charge is 0.352 e. The van der Waals surface area contributed by atoms with Gasteiger partial charge < -0.3 is 9.84 Å². The first-order valence-electron chi connectivity index (χ1n) is 8.76. The Balaban J connectivity index is 1.52. The van der Waals surface area contributed by atoms with Crippen molar-refractivity contribution in [3.05, 3.63) is 47.1 Å². The molecule has 1 aliphatic rings. The van der Waals surface area contributed by atoms with Crippen molar-refractivity contribution in [1.29, 1.82) is 0 Å². The summed E-state index contributed by atoms with van der Waals surface area (Å²) in [5.41, 5.74) is 0.552. The van der Waals surface area contributed by atoms with Crippen molar-refractivity contribution in [2.45, 2.75) is 32.2 Å². The highest BCUT2D eigenvalue weighted by Crippen LogP contribution is 2.23. The highest BCUT2D eigenvalue weighted by molar-refractivity contribution is 5.89. The number of nitrogens with zero attached hydrogens (tertiary/aromatic N) is 3. The zero-order valence-corrected chi connectivity index (χ0v) is 14.7. The molecule has 1 aromatic carbocycles. The number of carbonyl (C=O) groups excluding carboxylic acids is 1. The van der Waals surface area contributed by atoms with Crippen LogP contribution in [0.5, 0.6) is 0 Å². The molecule has 6 nitrogen and oxygen atoms in total. The predicted molar refractivity (Wildman–Crippen MR) is 90.4 cm³/mol. The zero-order valence-electron chi connectivity index (χ0n) is 14.7. The Morgan fingerprint density at radius 3 is 3.04 bits per heavy atom. The van der Waals surface area contributed by atoms with Crippen LogP contribution in [0, 0.1) is 17.6 Å². The number of aromatic nitrogens is 2. The number of benzene rings is 1. The molecule has 1 aliphatic heterocycles. The number of hydrogen-bond donors (Lipinski definition) is 1. The Kier molecular flexibility index (Phi) is 5.92. The van der Waals surface area contributed by atoms with Gasteiger partial charge in [0.1, 0.15) is 11.6 Å². The van der Waals surface area contributed by atoms with Gasteiger partial charge in [-0.15, -0.1) is 0 Å². The fraction of sp³-hybridized carbons (Fsp3) is 0.500. The van der Waals surface area contributed by atoms with Crippen molar-refractivity contribution >= 4 is 5.91 Å². The van der Waals surface area contributed by atoms with Crippen molar-refractivity contribution in [1.82, 2.24) is 20.4 Å². The number of aryl methyl sites for hydroxylation is 1. The first-order valence-corrected chi connectivity index (χ1v) is 8.76.